The van der Waals surface area contributed by atoms with Crippen molar-refractivity contribution in [3.8, 4) is 0 Å². The minimum atomic E-state index is -4.12. The second-order valence-corrected chi connectivity index (χ2v) is 13.8. The van der Waals surface area contributed by atoms with Crippen LogP contribution in [0.4, 0.5) is 0 Å². The Morgan fingerprint density at radius 2 is 1.52 bits per heavy atom. The molecule has 0 aliphatic carbocycles. The number of carbonyl (C=O) groups excluding carboxylic acids is 1. The first-order chi connectivity index (χ1) is 13.8. The molecule has 1 aliphatic heterocycles. The lowest BCUT2D eigenvalue weighted by atomic mass is 9.73. The first-order valence-electron chi connectivity index (χ1n) is 11.5. The van der Waals surface area contributed by atoms with E-state index in [-0.39, 0.29) is 16.7 Å². The minimum Gasteiger partial charge on any atom is -0.342 e. The molecular formula is C23H45N2O5P. The Labute approximate surface area is 189 Å². The fraction of sp³-hybridized carbons (Fsp3) is 0.957. The first-order valence-corrected chi connectivity index (χ1v) is 13.0. The molecule has 7 nitrogen and oxygen atoms in total. The van der Waals surface area contributed by atoms with Crippen molar-refractivity contribution >= 4 is 13.7 Å². The predicted molar refractivity (Wildman–Crippen MR) is 126 cm³/mol. The van der Waals surface area contributed by atoms with Crippen LogP contribution in [0.5, 0.6) is 0 Å². The highest BCUT2D eigenvalue weighted by Gasteiger charge is 2.42. The van der Waals surface area contributed by atoms with Gasteiger partial charge in [-0.1, -0.05) is 61.8 Å². The number of hydrogen-bond donors (Lipinski definition) is 0. The van der Waals surface area contributed by atoms with Crippen LogP contribution < -0.4 is 0 Å². The number of carbonyl (C=O) groups is 1. The van der Waals surface area contributed by atoms with Crippen LogP contribution in [0.3, 0.4) is 0 Å². The van der Waals surface area contributed by atoms with Crippen LogP contribution in [0.1, 0.15) is 101 Å². The quantitative estimate of drug-likeness (QED) is 0.260. The standard InChI is InChI=1S/C23H45N2O5P/c1-11-21(5,6)17-22(7,8)19(26)25-14-12-18(13-15-25)29-31(28,24-27)30-23(9,10)16-20(2,3)4/h18H,11-17H2,1-10H3. The van der Waals surface area contributed by atoms with Crippen LogP contribution in [0, 0.1) is 21.2 Å². The number of likely N-dealkylation sites (tertiary alicyclic amines) is 1. The number of amides is 1. The van der Waals surface area contributed by atoms with Gasteiger partial charge in [0.15, 0.2) is 0 Å². The molecule has 0 bridgehead atoms. The van der Waals surface area contributed by atoms with Gasteiger partial charge in [0.05, 0.1) is 11.7 Å². The smallest absolute Gasteiger partial charge is 0.342 e. The molecule has 0 aromatic carbocycles. The fourth-order valence-electron chi connectivity index (χ4n) is 4.86. The fourth-order valence-corrected chi connectivity index (χ4v) is 6.25. The Bertz CT molecular complexity index is 674. The maximum absolute atomic E-state index is 13.1. The molecular weight excluding hydrogens is 415 g/mol. The summed E-state index contributed by atoms with van der Waals surface area (Å²) in [6.07, 6.45) is 3.00. The van der Waals surface area contributed by atoms with Crippen molar-refractivity contribution in [3.63, 3.8) is 0 Å². The molecule has 1 unspecified atom stereocenters. The topological polar surface area (TPSA) is 85.3 Å². The average Bonchev–Trinajstić information content (AvgIpc) is 2.58. The number of nitroso groups, excluding NO2 is 1. The lowest BCUT2D eigenvalue weighted by Crippen LogP contribution is -2.47. The van der Waals surface area contributed by atoms with Gasteiger partial charge in [-0.15, -0.1) is 4.91 Å². The van der Waals surface area contributed by atoms with Gasteiger partial charge in [0, 0.05) is 23.5 Å². The number of hydrogen-bond acceptors (Lipinski definition) is 5. The van der Waals surface area contributed by atoms with Gasteiger partial charge in [-0.2, -0.15) is 0 Å². The summed E-state index contributed by atoms with van der Waals surface area (Å²) in [5.74, 6) is 0.131. The van der Waals surface area contributed by atoms with Gasteiger partial charge in [-0.3, -0.25) is 13.8 Å². The van der Waals surface area contributed by atoms with Crippen LogP contribution in [-0.2, 0) is 18.4 Å². The molecule has 31 heavy (non-hydrogen) atoms. The monoisotopic (exact) mass is 460 g/mol. The zero-order valence-electron chi connectivity index (χ0n) is 21.4. The maximum atomic E-state index is 13.1. The second-order valence-electron chi connectivity index (χ2n) is 12.3. The Hall–Kier alpha value is -0.780. The van der Waals surface area contributed by atoms with E-state index in [1.165, 1.54) is 0 Å². The Morgan fingerprint density at radius 3 is 1.94 bits per heavy atom. The van der Waals surface area contributed by atoms with E-state index in [4.69, 9.17) is 9.05 Å². The van der Waals surface area contributed by atoms with E-state index in [9.17, 15) is 14.3 Å². The number of nitrogens with zero attached hydrogens (tertiary/aromatic N) is 2. The summed E-state index contributed by atoms with van der Waals surface area (Å²) in [4.78, 5) is 29.1. The molecule has 1 rings (SSSR count). The number of rotatable bonds is 10. The predicted octanol–water partition coefficient (Wildman–Crippen LogP) is 6.95. The van der Waals surface area contributed by atoms with Gasteiger partial charge in [0.25, 0.3) is 0 Å². The molecule has 0 aromatic heterocycles. The van der Waals surface area contributed by atoms with Crippen LogP contribution >= 0.6 is 7.75 Å². The minimum absolute atomic E-state index is 0.0674. The van der Waals surface area contributed by atoms with E-state index in [0.717, 1.165) is 12.8 Å². The zero-order valence-corrected chi connectivity index (χ0v) is 22.3. The first kappa shape index (κ1) is 28.3. The van der Waals surface area contributed by atoms with E-state index >= 15 is 0 Å². The summed E-state index contributed by atoms with van der Waals surface area (Å²) in [5.41, 5.74) is -1.23. The number of piperidine rings is 1. The van der Waals surface area contributed by atoms with Gasteiger partial charge in [0.1, 0.15) is 0 Å². The summed E-state index contributed by atoms with van der Waals surface area (Å²) >= 11 is 0. The van der Waals surface area contributed by atoms with Crippen molar-refractivity contribution in [1.29, 1.82) is 0 Å². The molecule has 1 saturated heterocycles. The highest BCUT2D eigenvalue weighted by atomic mass is 31.2. The van der Waals surface area contributed by atoms with Crippen molar-refractivity contribution in [2.24, 2.45) is 21.2 Å². The summed E-state index contributed by atoms with van der Waals surface area (Å²) in [7, 11) is -4.12. The van der Waals surface area contributed by atoms with Crippen molar-refractivity contribution < 1.29 is 18.4 Å². The van der Waals surface area contributed by atoms with Gasteiger partial charge in [-0.25, -0.2) is 4.57 Å². The van der Waals surface area contributed by atoms with Crippen molar-refractivity contribution in [1.82, 2.24) is 4.90 Å². The molecule has 1 fully saturated rings. The third-order valence-corrected chi connectivity index (χ3v) is 7.38. The van der Waals surface area contributed by atoms with Gasteiger partial charge >= 0.3 is 7.75 Å². The van der Waals surface area contributed by atoms with Crippen molar-refractivity contribution in [2.45, 2.75) is 113 Å². The third-order valence-electron chi connectivity index (χ3n) is 5.89. The summed E-state index contributed by atoms with van der Waals surface area (Å²) < 4.78 is 24.1. The molecule has 1 heterocycles. The molecule has 182 valence electrons. The largest absolute Gasteiger partial charge is 0.490 e. The molecule has 1 aliphatic rings. The lowest BCUT2D eigenvalue weighted by Gasteiger charge is -2.40. The maximum Gasteiger partial charge on any atom is 0.490 e. The Morgan fingerprint density at radius 1 is 1.00 bits per heavy atom. The molecule has 0 spiro atoms. The molecule has 1 atom stereocenters. The second kappa shape index (κ2) is 10.0. The lowest BCUT2D eigenvalue weighted by molar-refractivity contribution is -0.144. The van der Waals surface area contributed by atoms with Crippen LogP contribution in [0.15, 0.2) is 4.95 Å². The van der Waals surface area contributed by atoms with Crippen LogP contribution in [0.25, 0.3) is 0 Å². The van der Waals surface area contributed by atoms with Crippen LogP contribution in [-0.4, -0.2) is 35.6 Å². The Balaban J connectivity index is 2.72. The molecule has 0 N–H and O–H groups in total. The molecule has 0 radical (unpaired) electrons. The zero-order chi connectivity index (χ0) is 24.3. The van der Waals surface area contributed by atoms with Crippen molar-refractivity contribution in [2.75, 3.05) is 13.1 Å². The summed E-state index contributed by atoms with van der Waals surface area (Å²) in [6.45, 7) is 21.3. The van der Waals surface area contributed by atoms with E-state index in [0.29, 0.717) is 32.4 Å². The van der Waals surface area contributed by atoms with E-state index < -0.39 is 24.9 Å². The SMILES string of the molecule is CCC(C)(C)CC(C)(C)C(=O)N1CCC(OP(=O)(N=O)OC(C)(C)CC(C)(C)C)CC1. The molecule has 1 amide bonds. The highest BCUT2D eigenvalue weighted by molar-refractivity contribution is 7.52. The highest BCUT2D eigenvalue weighted by Crippen LogP contribution is 2.56. The van der Waals surface area contributed by atoms with E-state index in [2.05, 4.69) is 25.7 Å². The summed E-state index contributed by atoms with van der Waals surface area (Å²) in [5, 5.41) is 0. The molecule has 8 heteroatoms. The normalized spacial score (nSPS) is 19.2. The van der Waals surface area contributed by atoms with E-state index in [1.54, 1.807) is 13.8 Å². The van der Waals surface area contributed by atoms with Crippen molar-refractivity contribution in [3.05, 3.63) is 4.91 Å². The van der Waals surface area contributed by atoms with Crippen LogP contribution in [0.2, 0.25) is 0 Å². The average molecular weight is 461 g/mol. The summed E-state index contributed by atoms with van der Waals surface area (Å²) in [6, 6.07) is 0. The van der Waals surface area contributed by atoms with E-state index in [1.807, 2.05) is 39.5 Å². The van der Waals surface area contributed by atoms with Gasteiger partial charge < -0.3 is 4.90 Å². The van der Waals surface area contributed by atoms with Gasteiger partial charge in [-0.05, 0) is 50.4 Å². The van der Waals surface area contributed by atoms with Gasteiger partial charge in [0.2, 0.25) is 5.91 Å². The third kappa shape index (κ3) is 9.31. The molecule has 0 saturated carbocycles. The molecule has 0 aromatic rings. The Kier molecular flexibility index (Phi) is 9.12.